The lowest BCUT2D eigenvalue weighted by atomic mass is 10.2. The zero-order valence-corrected chi connectivity index (χ0v) is 13.6. The molecule has 0 bridgehead atoms. The van der Waals surface area contributed by atoms with Crippen molar-refractivity contribution in [3.63, 3.8) is 0 Å². The standard InChI is InChI=1S/C14H13BrFN3OS/c1-20-11-6-8(4-5-18-11)7-19-10-3-2-9(14(17)21)12(15)13(10)16/h2-6,19H,7H2,1H3,(H2,17,21). The molecule has 0 spiro atoms. The number of nitrogens with zero attached hydrogens (tertiary/aromatic N) is 1. The van der Waals surface area contributed by atoms with Gasteiger partial charge in [-0.2, -0.15) is 0 Å². The first-order chi connectivity index (χ1) is 10.0. The number of halogens is 2. The van der Waals surface area contributed by atoms with Crippen LogP contribution in [-0.4, -0.2) is 17.1 Å². The number of hydrogen-bond donors (Lipinski definition) is 2. The average Bonchev–Trinajstić information content (AvgIpc) is 2.48. The summed E-state index contributed by atoms with van der Waals surface area (Å²) in [7, 11) is 1.55. The lowest BCUT2D eigenvalue weighted by Gasteiger charge is -2.11. The van der Waals surface area contributed by atoms with Crippen molar-refractivity contribution in [1.29, 1.82) is 0 Å². The summed E-state index contributed by atoms with van der Waals surface area (Å²) < 4.78 is 19.5. The fourth-order valence-electron chi connectivity index (χ4n) is 1.75. The molecule has 0 saturated carbocycles. The molecule has 0 fully saturated rings. The van der Waals surface area contributed by atoms with Crippen molar-refractivity contribution < 1.29 is 9.13 Å². The summed E-state index contributed by atoms with van der Waals surface area (Å²) in [6.07, 6.45) is 1.64. The van der Waals surface area contributed by atoms with E-state index in [1.54, 1.807) is 31.5 Å². The van der Waals surface area contributed by atoms with Gasteiger partial charge in [0.15, 0.2) is 5.82 Å². The Labute approximate surface area is 135 Å². The van der Waals surface area contributed by atoms with Gasteiger partial charge in [0, 0.05) is 24.4 Å². The summed E-state index contributed by atoms with van der Waals surface area (Å²) in [4.78, 5) is 4.16. The zero-order chi connectivity index (χ0) is 15.4. The summed E-state index contributed by atoms with van der Waals surface area (Å²) in [6, 6.07) is 6.88. The van der Waals surface area contributed by atoms with Crippen molar-refractivity contribution in [3.8, 4) is 5.88 Å². The Hall–Kier alpha value is -1.73. The van der Waals surface area contributed by atoms with Crippen molar-refractivity contribution >= 4 is 38.8 Å². The van der Waals surface area contributed by atoms with E-state index in [1.807, 2.05) is 6.07 Å². The highest BCUT2D eigenvalue weighted by Gasteiger charge is 2.12. The Balaban J connectivity index is 2.17. The van der Waals surface area contributed by atoms with Crippen molar-refractivity contribution in [2.24, 2.45) is 5.73 Å². The number of nitrogens with one attached hydrogen (secondary N) is 1. The van der Waals surface area contributed by atoms with Crippen LogP contribution >= 0.6 is 28.1 Å². The molecule has 1 aromatic heterocycles. The second-order valence-electron chi connectivity index (χ2n) is 4.21. The van der Waals surface area contributed by atoms with Gasteiger partial charge in [0.25, 0.3) is 0 Å². The molecule has 0 amide bonds. The minimum absolute atomic E-state index is 0.145. The molecule has 0 radical (unpaired) electrons. The van der Waals surface area contributed by atoms with Crippen molar-refractivity contribution in [2.75, 3.05) is 12.4 Å². The van der Waals surface area contributed by atoms with Gasteiger partial charge in [-0.05, 0) is 39.7 Å². The Morgan fingerprint density at radius 3 is 2.90 bits per heavy atom. The molecule has 7 heteroatoms. The number of ether oxygens (including phenoxy) is 1. The first-order valence-corrected chi connectivity index (χ1v) is 7.23. The molecule has 0 aliphatic heterocycles. The predicted molar refractivity (Wildman–Crippen MR) is 88.1 cm³/mol. The summed E-state index contributed by atoms with van der Waals surface area (Å²) in [5, 5.41) is 3.02. The van der Waals surface area contributed by atoms with Crippen LogP contribution in [0.4, 0.5) is 10.1 Å². The van der Waals surface area contributed by atoms with Crippen LogP contribution in [0.3, 0.4) is 0 Å². The van der Waals surface area contributed by atoms with E-state index in [0.717, 1.165) is 5.56 Å². The normalized spacial score (nSPS) is 10.2. The van der Waals surface area contributed by atoms with E-state index >= 15 is 0 Å². The lowest BCUT2D eigenvalue weighted by Crippen LogP contribution is -2.12. The van der Waals surface area contributed by atoms with Gasteiger partial charge in [0.1, 0.15) is 4.99 Å². The maximum atomic E-state index is 14.2. The van der Waals surface area contributed by atoms with Crippen LogP contribution in [0.2, 0.25) is 0 Å². The van der Waals surface area contributed by atoms with E-state index in [4.69, 9.17) is 22.7 Å². The monoisotopic (exact) mass is 369 g/mol. The predicted octanol–water partition coefficient (Wildman–Crippen LogP) is 3.24. The summed E-state index contributed by atoms with van der Waals surface area (Å²) >= 11 is 8.03. The summed E-state index contributed by atoms with van der Waals surface area (Å²) in [6.45, 7) is 0.439. The summed E-state index contributed by atoms with van der Waals surface area (Å²) in [5.74, 6) is 0.0844. The van der Waals surface area contributed by atoms with Gasteiger partial charge >= 0.3 is 0 Å². The molecular weight excluding hydrogens is 357 g/mol. The highest BCUT2D eigenvalue weighted by molar-refractivity contribution is 9.10. The van der Waals surface area contributed by atoms with Crippen LogP contribution in [-0.2, 0) is 6.54 Å². The molecule has 0 aliphatic carbocycles. The molecule has 2 rings (SSSR count). The van der Waals surface area contributed by atoms with Crippen molar-refractivity contribution in [2.45, 2.75) is 6.54 Å². The second kappa shape index (κ2) is 6.82. The molecule has 2 aromatic rings. The lowest BCUT2D eigenvalue weighted by molar-refractivity contribution is 0.397. The maximum Gasteiger partial charge on any atom is 0.213 e. The van der Waals surface area contributed by atoms with Gasteiger partial charge in [-0.25, -0.2) is 9.37 Å². The molecule has 1 heterocycles. The van der Waals surface area contributed by atoms with Crippen LogP contribution in [0.1, 0.15) is 11.1 Å². The molecule has 3 N–H and O–H groups in total. The topological polar surface area (TPSA) is 60.2 Å². The number of methoxy groups -OCH3 is 1. The quantitative estimate of drug-likeness (QED) is 0.792. The van der Waals surface area contributed by atoms with E-state index in [1.165, 1.54) is 0 Å². The minimum Gasteiger partial charge on any atom is -0.481 e. The third kappa shape index (κ3) is 3.68. The molecule has 0 atom stereocenters. The third-order valence-corrected chi connectivity index (χ3v) is 3.83. The van der Waals surface area contributed by atoms with Gasteiger partial charge in [-0.1, -0.05) is 12.2 Å². The highest BCUT2D eigenvalue weighted by atomic mass is 79.9. The molecule has 21 heavy (non-hydrogen) atoms. The zero-order valence-electron chi connectivity index (χ0n) is 11.2. The van der Waals surface area contributed by atoms with E-state index in [2.05, 4.69) is 26.2 Å². The van der Waals surface area contributed by atoms with Crippen LogP contribution < -0.4 is 15.8 Å². The number of hydrogen-bond acceptors (Lipinski definition) is 4. The van der Waals surface area contributed by atoms with Gasteiger partial charge in [0.2, 0.25) is 5.88 Å². The number of aromatic nitrogens is 1. The first-order valence-electron chi connectivity index (χ1n) is 6.03. The molecule has 0 saturated heterocycles. The molecule has 1 aromatic carbocycles. The fourth-order valence-corrected chi connectivity index (χ4v) is 2.61. The Bertz CT molecular complexity index is 681. The molecular formula is C14H13BrFN3OS. The SMILES string of the molecule is COc1cc(CNc2ccc(C(N)=S)c(Br)c2F)ccn1. The van der Waals surface area contributed by atoms with Gasteiger partial charge in [-0.3, -0.25) is 0 Å². The summed E-state index contributed by atoms with van der Waals surface area (Å²) in [5.41, 5.74) is 7.28. The highest BCUT2D eigenvalue weighted by Crippen LogP contribution is 2.27. The number of anilines is 1. The van der Waals surface area contributed by atoms with Gasteiger partial charge in [-0.15, -0.1) is 0 Å². The molecule has 110 valence electrons. The maximum absolute atomic E-state index is 14.2. The van der Waals surface area contributed by atoms with Crippen molar-refractivity contribution in [3.05, 3.63) is 51.9 Å². The Morgan fingerprint density at radius 1 is 1.48 bits per heavy atom. The Kier molecular flexibility index (Phi) is 5.08. The van der Waals surface area contributed by atoms with Crippen LogP contribution in [0.15, 0.2) is 34.9 Å². The molecule has 0 unspecified atom stereocenters. The van der Waals surface area contributed by atoms with E-state index in [9.17, 15) is 4.39 Å². The number of nitrogens with two attached hydrogens (primary N) is 1. The van der Waals surface area contributed by atoms with E-state index in [-0.39, 0.29) is 9.46 Å². The number of benzene rings is 1. The average molecular weight is 370 g/mol. The number of thiocarbonyl (C=S) groups is 1. The van der Waals surface area contributed by atoms with Crippen LogP contribution in [0, 0.1) is 5.82 Å². The number of rotatable bonds is 5. The minimum atomic E-state index is -0.429. The third-order valence-electron chi connectivity index (χ3n) is 2.84. The Morgan fingerprint density at radius 2 is 2.24 bits per heavy atom. The first kappa shape index (κ1) is 15.7. The fraction of sp³-hybridized carbons (Fsp3) is 0.143. The van der Waals surface area contributed by atoms with Gasteiger partial charge in [0.05, 0.1) is 17.3 Å². The number of pyridine rings is 1. The van der Waals surface area contributed by atoms with E-state index < -0.39 is 5.82 Å². The van der Waals surface area contributed by atoms with Crippen LogP contribution in [0.25, 0.3) is 0 Å². The molecule has 0 aliphatic rings. The van der Waals surface area contributed by atoms with Crippen LogP contribution in [0.5, 0.6) is 5.88 Å². The second-order valence-corrected chi connectivity index (χ2v) is 5.45. The smallest absolute Gasteiger partial charge is 0.213 e. The van der Waals surface area contributed by atoms with Crippen molar-refractivity contribution in [1.82, 2.24) is 4.98 Å². The van der Waals surface area contributed by atoms with Gasteiger partial charge < -0.3 is 15.8 Å². The van der Waals surface area contributed by atoms with E-state index in [0.29, 0.717) is 23.7 Å². The molecule has 4 nitrogen and oxygen atoms in total. The largest absolute Gasteiger partial charge is 0.481 e.